The van der Waals surface area contributed by atoms with Crippen LogP contribution in [0.2, 0.25) is 0 Å². The molecule has 7 heteroatoms. The lowest BCUT2D eigenvalue weighted by atomic mass is 10.2. The number of benzene rings is 1. The van der Waals surface area contributed by atoms with Crippen molar-refractivity contribution in [3.63, 3.8) is 0 Å². The maximum atomic E-state index is 12.5. The average molecular weight is 379 g/mol. The summed E-state index contributed by atoms with van der Waals surface area (Å²) < 4.78 is 5.89. The number of carbonyl (C=O) groups excluding carboxylic acids is 1. The Hall–Kier alpha value is -2.85. The van der Waals surface area contributed by atoms with E-state index in [2.05, 4.69) is 26.2 Å². The van der Waals surface area contributed by atoms with Crippen LogP contribution in [0.25, 0.3) is 0 Å². The molecule has 0 bridgehead atoms. The van der Waals surface area contributed by atoms with E-state index in [1.165, 1.54) is 0 Å². The first kappa shape index (κ1) is 18.5. The first-order valence-electron chi connectivity index (χ1n) is 9.87. The number of piperazine rings is 1. The Morgan fingerprint density at radius 2 is 2.00 bits per heavy atom. The number of nitriles is 1. The van der Waals surface area contributed by atoms with E-state index in [9.17, 15) is 10.1 Å². The predicted octanol–water partition coefficient (Wildman–Crippen LogP) is 2.25. The van der Waals surface area contributed by atoms with E-state index in [0.717, 1.165) is 31.5 Å². The molecule has 1 amide bonds. The zero-order chi connectivity index (χ0) is 19.5. The minimum atomic E-state index is -0.196. The predicted molar refractivity (Wildman–Crippen MR) is 105 cm³/mol. The molecule has 7 nitrogen and oxygen atoms in total. The van der Waals surface area contributed by atoms with E-state index in [4.69, 9.17) is 4.42 Å². The molecule has 1 saturated carbocycles. The van der Waals surface area contributed by atoms with Crippen LogP contribution in [0.1, 0.15) is 42.8 Å². The highest BCUT2D eigenvalue weighted by molar-refractivity contribution is 5.81. The van der Waals surface area contributed by atoms with Crippen LogP contribution in [0.15, 0.2) is 34.7 Å². The molecule has 0 radical (unpaired) electrons. The summed E-state index contributed by atoms with van der Waals surface area (Å²) in [7, 11) is 0. The molecular formula is C21H25N5O2. The third kappa shape index (κ3) is 4.02. The molecule has 2 aromatic rings. The van der Waals surface area contributed by atoms with Gasteiger partial charge in [-0.15, -0.1) is 0 Å². The normalized spacial score (nSPS) is 18.5. The van der Waals surface area contributed by atoms with Crippen molar-refractivity contribution in [3.05, 3.63) is 47.5 Å². The van der Waals surface area contributed by atoms with Gasteiger partial charge in [0.1, 0.15) is 6.07 Å². The number of amides is 1. The van der Waals surface area contributed by atoms with Gasteiger partial charge in [-0.3, -0.25) is 9.69 Å². The van der Waals surface area contributed by atoms with Crippen molar-refractivity contribution in [1.82, 2.24) is 15.2 Å². The highest BCUT2D eigenvalue weighted by atomic mass is 16.4. The van der Waals surface area contributed by atoms with Gasteiger partial charge in [-0.1, -0.05) is 30.3 Å². The van der Waals surface area contributed by atoms with E-state index in [1.54, 1.807) is 0 Å². The van der Waals surface area contributed by atoms with Crippen molar-refractivity contribution in [3.8, 4) is 6.07 Å². The van der Waals surface area contributed by atoms with E-state index in [-0.39, 0.29) is 11.9 Å². The zero-order valence-electron chi connectivity index (χ0n) is 16.1. The summed E-state index contributed by atoms with van der Waals surface area (Å²) in [5, 5.41) is 12.4. The van der Waals surface area contributed by atoms with Crippen LogP contribution >= 0.6 is 0 Å². The standard InChI is InChI=1S/C21H25N5O2/c1-15(19(27)23-14-16-5-3-2-4-6-16)25-9-11-26(12-10-25)21-18(13-22)24-20(28-21)17-7-8-17/h2-6,15,17H,7-12,14H2,1H3,(H,23,27). The van der Waals surface area contributed by atoms with Crippen LogP contribution in [-0.2, 0) is 11.3 Å². The SMILES string of the molecule is CC(C(=O)NCc1ccccc1)N1CCN(c2oc(C3CC3)nc2C#N)CC1. The summed E-state index contributed by atoms with van der Waals surface area (Å²) in [5.41, 5.74) is 1.47. The largest absolute Gasteiger partial charge is 0.423 e. The van der Waals surface area contributed by atoms with Gasteiger partial charge >= 0.3 is 0 Å². The Labute approximate surface area is 164 Å². The van der Waals surface area contributed by atoms with Crippen LogP contribution < -0.4 is 10.2 Å². The van der Waals surface area contributed by atoms with E-state index < -0.39 is 0 Å². The lowest BCUT2D eigenvalue weighted by Gasteiger charge is -2.37. The highest BCUT2D eigenvalue weighted by Gasteiger charge is 2.33. The second kappa shape index (κ2) is 8.03. The molecule has 1 aromatic carbocycles. The minimum absolute atomic E-state index is 0.0331. The second-order valence-electron chi connectivity index (χ2n) is 7.49. The van der Waals surface area contributed by atoms with Crippen molar-refractivity contribution in [1.29, 1.82) is 5.26 Å². The number of hydrogen-bond acceptors (Lipinski definition) is 6. The van der Waals surface area contributed by atoms with Gasteiger partial charge in [0.25, 0.3) is 0 Å². The van der Waals surface area contributed by atoms with Crippen molar-refractivity contribution in [2.24, 2.45) is 0 Å². The fourth-order valence-corrected chi connectivity index (χ4v) is 3.53. The summed E-state index contributed by atoms with van der Waals surface area (Å²) >= 11 is 0. The summed E-state index contributed by atoms with van der Waals surface area (Å²) in [5.74, 6) is 1.70. The fraction of sp³-hybridized carbons (Fsp3) is 0.476. The molecular weight excluding hydrogens is 354 g/mol. The Bertz CT molecular complexity index is 861. The summed E-state index contributed by atoms with van der Waals surface area (Å²) in [6.07, 6.45) is 2.18. The molecule has 0 spiro atoms. The first-order chi connectivity index (χ1) is 13.7. The molecule has 1 atom stereocenters. The smallest absolute Gasteiger partial charge is 0.237 e. The number of nitrogens with zero attached hydrogens (tertiary/aromatic N) is 4. The lowest BCUT2D eigenvalue weighted by Crippen LogP contribution is -2.54. The van der Waals surface area contributed by atoms with Gasteiger partial charge in [-0.25, -0.2) is 4.98 Å². The lowest BCUT2D eigenvalue weighted by molar-refractivity contribution is -0.126. The van der Waals surface area contributed by atoms with E-state index >= 15 is 0 Å². The number of anilines is 1. The Morgan fingerprint density at radius 3 is 2.64 bits per heavy atom. The molecule has 4 rings (SSSR count). The van der Waals surface area contributed by atoms with Gasteiger partial charge in [0.2, 0.25) is 23.4 Å². The van der Waals surface area contributed by atoms with Crippen LogP contribution in [0.5, 0.6) is 0 Å². The second-order valence-corrected chi connectivity index (χ2v) is 7.49. The maximum absolute atomic E-state index is 12.5. The Morgan fingerprint density at radius 1 is 1.29 bits per heavy atom. The van der Waals surface area contributed by atoms with Crippen molar-refractivity contribution in [2.45, 2.75) is 38.3 Å². The summed E-state index contributed by atoms with van der Waals surface area (Å²) in [6.45, 7) is 5.39. The van der Waals surface area contributed by atoms with Crippen molar-refractivity contribution >= 4 is 11.8 Å². The topological polar surface area (TPSA) is 85.4 Å². The fourth-order valence-electron chi connectivity index (χ4n) is 3.53. The van der Waals surface area contributed by atoms with Crippen LogP contribution in [0, 0.1) is 11.3 Å². The van der Waals surface area contributed by atoms with Gasteiger partial charge < -0.3 is 14.6 Å². The van der Waals surface area contributed by atoms with Crippen LogP contribution in [-0.4, -0.2) is 48.0 Å². The van der Waals surface area contributed by atoms with Gasteiger partial charge in [-0.05, 0) is 25.3 Å². The molecule has 1 unspecified atom stereocenters. The summed E-state index contributed by atoms with van der Waals surface area (Å²) in [4.78, 5) is 21.1. The van der Waals surface area contributed by atoms with Crippen LogP contribution in [0.4, 0.5) is 5.88 Å². The molecule has 2 fully saturated rings. The van der Waals surface area contributed by atoms with Gasteiger partial charge in [-0.2, -0.15) is 5.26 Å². The molecule has 146 valence electrons. The number of rotatable bonds is 6. The first-order valence-corrected chi connectivity index (χ1v) is 9.87. The maximum Gasteiger partial charge on any atom is 0.237 e. The third-order valence-corrected chi connectivity index (χ3v) is 5.50. The van der Waals surface area contributed by atoms with Crippen molar-refractivity contribution in [2.75, 3.05) is 31.1 Å². The number of aromatic nitrogens is 1. The van der Waals surface area contributed by atoms with Gasteiger partial charge in [0.05, 0.1) is 6.04 Å². The monoisotopic (exact) mass is 379 g/mol. The molecule has 1 saturated heterocycles. The Balaban J connectivity index is 1.31. The molecule has 2 heterocycles. The molecule has 1 aliphatic heterocycles. The minimum Gasteiger partial charge on any atom is -0.423 e. The average Bonchev–Trinajstić information content (AvgIpc) is 3.51. The molecule has 28 heavy (non-hydrogen) atoms. The van der Waals surface area contributed by atoms with Crippen molar-refractivity contribution < 1.29 is 9.21 Å². The third-order valence-electron chi connectivity index (χ3n) is 5.50. The molecule has 1 aromatic heterocycles. The quantitative estimate of drug-likeness (QED) is 0.829. The Kier molecular flexibility index (Phi) is 5.31. The molecule has 1 N–H and O–H groups in total. The van der Waals surface area contributed by atoms with Gasteiger partial charge in [0.15, 0.2) is 0 Å². The number of oxazole rings is 1. The van der Waals surface area contributed by atoms with Crippen LogP contribution in [0.3, 0.4) is 0 Å². The summed E-state index contributed by atoms with van der Waals surface area (Å²) in [6, 6.07) is 11.9. The highest BCUT2D eigenvalue weighted by Crippen LogP contribution is 2.41. The molecule has 2 aliphatic rings. The van der Waals surface area contributed by atoms with Gasteiger partial charge in [0, 0.05) is 38.6 Å². The van der Waals surface area contributed by atoms with E-state index in [1.807, 2.05) is 37.3 Å². The van der Waals surface area contributed by atoms with E-state index in [0.29, 0.717) is 43.0 Å². The number of nitrogens with one attached hydrogen (secondary N) is 1. The molecule has 1 aliphatic carbocycles. The zero-order valence-corrected chi connectivity index (χ0v) is 16.1. The number of carbonyl (C=O) groups is 1. The number of hydrogen-bond donors (Lipinski definition) is 1.